The standard InChI is InChI=1S/C15H32O2Si/c1-5-7-9-14(6-2)13-18(4,16-3)17-12-15-10-8-11-15/h14-15H,5-13H2,1-4H3. The van der Waals surface area contributed by atoms with Gasteiger partial charge in [0.15, 0.2) is 0 Å². The highest BCUT2D eigenvalue weighted by molar-refractivity contribution is 6.66. The monoisotopic (exact) mass is 272 g/mol. The third-order valence-electron chi connectivity index (χ3n) is 4.48. The van der Waals surface area contributed by atoms with Crippen molar-refractivity contribution in [2.75, 3.05) is 13.7 Å². The lowest BCUT2D eigenvalue weighted by atomic mass is 9.86. The van der Waals surface area contributed by atoms with Gasteiger partial charge in [-0.15, -0.1) is 0 Å². The van der Waals surface area contributed by atoms with E-state index in [0.717, 1.165) is 18.4 Å². The minimum absolute atomic E-state index is 0.794. The van der Waals surface area contributed by atoms with E-state index in [0.29, 0.717) is 0 Å². The predicted octanol–water partition coefficient (Wildman–Crippen LogP) is 4.74. The van der Waals surface area contributed by atoms with Crippen molar-refractivity contribution in [2.45, 2.75) is 71.4 Å². The van der Waals surface area contributed by atoms with Crippen molar-refractivity contribution < 1.29 is 8.85 Å². The van der Waals surface area contributed by atoms with Gasteiger partial charge in [0.05, 0.1) is 0 Å². The third-order valence-corrected chi connectivity index (χ3v) is 7.44. The lowest BCUT2D eigenvalue weighted by Crippen LogP contribution is -2.41. The maximum atomic E-state index is 6.21. The molecule has 0 N–H and O–H groups in total. The van der Waals surface area contributed by atoms with E-state index < -0.39 is 8.56 Å². The molecule has 0 radical (unpaired) electrons. The van der Waals surface area contributed by atoms with Crippen molar-refractivity contribution in [3.8, 4) is 0 Å². The summed E-state index contributed by atoms with van der Waals surface area (Å²) in [6, 6.07) is 1.17. The molecule has 1 rings (SSSR count). The minimum atomic E-state index is -1.90. The summed E-state index contributed by atoms with van der Waals surface area (Å²) in [6.45, 7) is 7.77. The van der Waals surface area contributed by atoms with E-state index >= 15 is 0 Å². The highest BCUT2D eigenvalue weighted by Crippen LogP contribution is 2.30. The molecule has 0 aromatic rings. The first kappa shape index (κ1) is 16.2. The van der Waals surface area contributed by atoms with Crippen LogP contribution in [0.15, 0.2) is 0 Å². The topological polar surface area (TPSA) is 18.5 Å². The van der Waals surface area contributed by atoms with Crippen molar-refractivity contribution in [3.05, 3.63) is 0 Å². The average molecular weight is 273 g/mol. The molecular formula is C15H32O2Si. The second-order valence-corrected chi connectivity index (χ2v) is 9.44. The van der Waals surface area contributed by atoms with E-state index in [4.69, 9.17) is 8.85 Å². The molecule has 1 aliphatic carbocycles. The van der Waals surface area contributed by atoms with Crippen LogP contribution < -0.4 is 0 Å². The quantitative estimate of drug-likeness (QED) is 0.535. The second kappa shape index (κ2) is 8.34. The Morgan fingerprint density at radius 1 is 1.28 bits per heavy atom. The van der Waals surface area contributed by atoms with Crippen LogP contribution >= 0.6 is 0 Å². The molecule has 0 saturated heterocycles. The molecule has 2 nitrogen and oxygen atoms in total. The number of hydrogen-bond donors (Lipinski definition) is 0. The van der Waals surface area contributed by atoms with Crippen molar-refractivity contribution in [1.82, 2.24) is 0 Å². The first-order chi connectivity index (χ1) is 8.63. The molecule has 2 atom stereocenters. The Labute approximate surface area is 115 Å². The fraction of sp³-hybridized carbons (Fsp3) is 1.00. The van der Waals surface area contributed by atoms with Crippen LogP contribution in [-0.2, 0) is 8.85 Å². The van der Waals surface area contributed by atoms with Gasteiger partial charge in [-0.2, -0.15) is 0 Å². The van der Waals surface area contributed by atoms with Gasteiger partial charge in [0, 0.05) is 13.7 Å². The van der Waals surface area contributed by atoms with E-state index in [-0.39, 0.29) is 0 Å². The normalized spacial score (nSPS) is 21.3. The molecule has 0 aromatic carbocycles. The lowest BCUT2D eigenvalue weighted by molar-refractivity contribution is 0.129. The van der Waals surface area contributed by atoms with Crippen LogP contribution in [0.4, 0.5) is 0 Å². The molecule has 3 heteroatoms. The fourth-order valence-corrected chi connectivity index (χ4v) is 5.15. The summed E-state index contributed by atoms with van der Waals surface area (Å²) in [4.78, 5) is 0. The lowest BCUT2D eigenvalue weighted by Gasteiger charge is -2.33. The maximum absolute atomic E-state index is 6.21. The van der Waals surface area contributed by atoms with E-state index in [1.165, 1.54) is 51.0 Å². The highest BCUT2D eigenvalue weighted by atomic mass is 28.4. The Morgan fingerprint density at radius 2 is 2.00 bits per heavy atom. The van der Waals surface area contributed by atoms with E-state index in [9.17, 15) is 0 Å². The van der Waals surface area contributed by atoms with Crippen LogP contribution in [0.1, 0.15) is 58.8 Å². The molecule has 1 fully saturated rings. The molecule has 0 aromatic heterocycles. The van der Waals surface area contributed by atoms with Crippen LogP contribution in [0.5, 0.6) is 0 Å². The average Bonchev–Trinajstić information content (AvgIpc) is 2.32. The SMILES string of the molecule is CCCCC(CC)C[Si](C)(OC)OCC1CCC1. The van der Waals surface area contributed by atoms with E-state index in [1.807, 2.05) is 7.11 Å². The summed E-state index contributed by atoms with van der Waals surface area (Å²) in [6.07, 6.45) is 9.36. The van der Waals surface area contributed by atoms with Crippen molar-refractivity contribution in [2.24, 2.45) is 11.8 Å². The summed E-state index contributed by atoms with van der Waals surface area (Å²) in [5.74, 6) is 1.62. The Balaban J connectivity index is 2.34. The van der Waals surface area contributed by atoms with Gasteiger partial charge in [0.2, 0.25) is 0 Å². The number of unbranched alkanes of at least 4 members (excludes halogenated alkanes) is 1. The van der Waals surface area contributed by atoms with Gasteiger partial charge in [-0.1, -0.05) is 46.0 Å². The maximum Gasteiger partial charge on any atom is 0.334 e. The van der Waals surface area contributed by atoms with Gasteiger partial charge >= 0.3 is 8.56 Å². The molecular weight excluding hydrogens is 240 g/mol. The molecule has 0 heterocycles. The Hall–Kier alpha value is 0.137. The minimum Gasteiger partial charge on any atom is -0.398 e. The zero-order valence-electron chi connectivity index (χ0n) is 12.8. The largest absolute Gasteiger partial charge is 0.398 e. The zero-order valence-corrected chi connectivity index (χ0v) is 13.8. The molecule has 0 aliphatic heterocycles. The van der Waals surface area contributed by atoms with Gasteiger partial charge in [-0.05, 0) is 37.3 Å². The van der Waals surface area contributed by atoms with Crippen LogP contribution in [0.3, 0.4) is 0 Å². The number of hydrogen-bond acceptors (Lipinski definition) is 2. The van der Waals surface area contributed by atoms with Crippen LogP contribution in [0.25, 0.3) is 0 Å². The Morgan fingerprint density at radius 3 is 2.44 bits per heavy atom. The zero-order chi connectivity index (χ0) is 13.4. The molecule has 108 valence electrons. The smallest absolute Gasteiger partial charge is 0.334 e. The van der Waals surface area contributed by atoms with Gasteiger partial charge < -0.3 is 8.85 Å². The molecule has 1 aliphatic rings. The van der Waals surface area contributed by atoms with Crippen molar-refractivity contribution in [3.63, 3.8) is 0 Å². The van der Waals surface area contributed by atoms with Gasteiger partial charge in [-0.25, -0.2) is 0 Å². The van der Waals surface area contributed by atoms with Gasteiger partial charge in [-0.3, -0.25) is 0 Å². The van der Waals surface area contributed by atoms with Crippen molar-refractivity contribution >= 4 is 8.56 Å². The predicted molar refractivity (Wildman–Crippen MR) is 80.0 cm³/mol. The molecule has 1 saturated carbocycles. The molecule has 0 amide bonds. The summed E-state index contributed by atoms with van der Waals surface area (Å²) < 4.78 is 12.0. The highest BCUT2D eigenvalue weighted by Gasteiger charge is 2.34. The fourth-order valence-electron chi connectivity index (χ4n) is 2.62. The number of rotatable bonds is 10. The first-order valence-corrected chi connectivity index (χ1v) is 10.3. The summed E-state index contributed by atoms with van der Waals surface area (Å²) in [5, 5.41) is 0. The Bertz CT molecular complexity index is 219. The summed E-state index contributed by atoms with van der Waals surface area (Å²) >= 11 is 0. The summed E-state index contributed by atoms with van der Waals surface area (Å²) in [5.41, 5.74) is 0. The van der Waals surface area contributed by atoms with Gasteiger partial charge in [0.25, 0.3) is 0 Å². The van der Waals surface area contributed by atoms with Crippen molar-refractivity contribution in [1.29, 1.82) is 0 Å². The van der Waals surface area contributed by atoms with E-state index in [2.05, 4.69) is 20.4 Å². The first-order valence-electron chi connectivity index (χ1n) is 7.82. The van der Waals surface area contributed by atoms with Gasteiger partial charge in [0.1, 0.15) is 0 Å². The molecule has 2 unspecified atom stereocenters. The van der Waals surface area contributed by atoms with E-state index in [1.54, 1.807) is 0 Å². The van der Waals surface area contributed by atoms with Crippen LogP contribution in [-0.4, -0.2) is 22.3 Å². The molecule has 18 heavy (non-hydrogen) atoms. The van der Waals surface area contributed by atoms with Crippen LogP contribution in [0, 0.1) is 11.8 Å². The molecule has 0 bridgehead atoms. The second-order valence-electron chi connectivity index (χ2n) is 6.07. The molecule has 0 spiro atoms. The summed E-state index contributed by atoms with van der Waals surface area (Å²) in [7, 11) is -0.0558. The Kier molecular flexibility index (Phi) is 7.50. The third kappa shape index (κ3) is 5.41. The van der Waals surface area contributed by atoms with Crippen LogP contribution in [0.2, 0.25) is 12.6 Å².